The summed E-state index contributed by atoms with van der Waals surface area (Å²) in [5.74, 6) is 5.26. The molecule has 7 nitrogen and oxygen atoms in total. The number of nitrogen functional groups attached to an aromatic ring is 1. The quantitative estimate of drug-likeness (QED) is 0.491. The van der Waals surface area contributed by atoms with Gasteiger partial charge in [-0.3, -0.25) is 10.3 Å². The highest BCUT2D eigenvalue weighted by atomic mass is 32.1. The van der Waals surface area contributed by atoms with Gasteiger partial charge < -0.3 is 9.84 Å². The SMILES string of the molecule is CC1COC(CO)CN1Cc1nnc(NN)s1. The summed E-state index contributed by atoms with van der Waals surface area (Å²) in [5, 5.41) is 18.6. The van der Waals surface area contributed by atoms with Crippen LogP contribution in [0.4, 0.5) is 5.13 Å². The lowest BCUT2D eigenvalue weighted by Gasteiger charge is -2.36. The Kier molecular flexibility index (Phi) is 4.24. The van der Waals surface area contributed by atoms with Crippen molar-refractivity contribution in [2.45, 2.75) is 25.6 Å². The first-order valence-corrected chi connectivity index (χ1v) is 6.30. The highest BCUT2D eigenvalue weighted by Gasteiger charge is 2.26. The Morgan fingerprint density at radius 1 is 1.65 bits per heavy atom. The van der Waals surface area contributed by atoms with E-state index >= 15 is 0 Å². The van der Waals surface area contributed by atoms with Gasteiger partial charge in [0.2, 0.25) is 5.13 Å². The average Bonchev–Trinajstić information content (AvgIpc) is 2.80. The third-order valence-electron chi connectivity index (χ3n) is 2.77. The fraction of sp³-hybridized carbons (Fsp3) is 0.778. The van der Waals surface area contributed by atoms with Crippen molar-refractivity contribution in [2.24, 2.45) is 5.84 Å². The van der Waals surface area contributed by atoms with Gasteiger partial charge in [-0.05, 0) is 6.92 Å². The zero-order valence-corrected chi connectivity index (χ0v) is 10.5. The van der Waals surface area contributed by atoms with Crippen LogP contribution in [0, 0.1) is 0 Å². The lowest BCUT2D eigenvalue weighted by Crippen LogP contribution is -2.48. The van der Waals surface area contributed by atoms with Gasteiger partial charge in [0, 0.05) is 12.6 Å². The molecule has 1 aliphatic rings. The number of hydrazine groups is 1. The molecule has 2 unspecified atom stereocenters. The van der Waals surface area contributed by atoms with Crippen LogP contribution in [0.1, 0.15) is 11.9 Å². The largest absolute Gasteiger partial charge is 0.394 e. The van der Waals surface area contributed by atoms with Crippen molar-refractivity contribution in [3.8, 4) is 0 Å². The molecule has 0 aliphatic carbocycles. The molecule has 0 bridgehead atoms. The summed E-state index contributed by atoms with van der Waals surface area (Å²) in [6.07, 6.45) is -0.105. The lowest BCUT2D eigenvalue weighted by molar-refractivity contribution is -0.0806. The molecule has 0 radical (unpaired) electrons. The number of hydrogen-bond donors (Lipinski definition) is 3. The summed E-state index contributed by atoms with van der Waals surface area (Å²) in [6.45, 7) is 4.20. The number of anilines is 1. The predicted molar refractivity (Wildman–Crippen MR) is 64.4 cm³/mol. The molecule has 1 fully saturated rings. The molecule has 1 aromatic heterocycles. The number of morpholine rings is 1. The topological polar surface area (TPSA) is 96.5 Å². The first kappa shape index (κ1) is 12.7. The molecule has 1 saturated heterocycles. The molecule has 0 aromatic carbocycles. The number of ether oxygens (including phenoxy) is 1. The minimum atomic E-state index is -0.105. The van der Waals surface area contributed by atoms with Crippen molar-refractivity contribution in [1.82, 2.24) is 15.1 Å². The second-order valence-corrected chi connectivity index (χ2v) is 5.12. The summed E-state index contributed by atoms with van der Waals surface area (Å²) in [4.78, 5) is 2.23. The summed E-state index contributed by atoms with van der Waals surface area (Å²) < 4.78 is 5.48. The van der Waals surface area contributed by atoms with E-state index in [1.807, 2.05) is 0 Å². The van der Waals surface area contributed by atoms with E-state index in [1.54, 1.807) is 0 Å². The zero-order chi connectivity index (χ0) is 12.3. The number of nitrogens with zero attached hydrogens (tertiary/aromatic N) is 3. The lowest BCUT2D eigenvalue weighted by atomic mass is 10.2. The summed E-state index contributed by atoms with van der Waals surface area (Å²) in [6, 6.07) is 0.316. The van der Waals surface area contributed by atoms with Crippen molar-refractivity contribution in [3.63, 3.8) is 0 Å². The summed E-state index contributed by atoms with van der Waals surface area (Å²) in [7, 11) is 0. The number of nitrogens with two attached hydrogens (primary N) is 1. The number of nitrogens with one attached hydrogen (secondary N) is 1. The number of aromatic nitrogens is 2. The van der Waals surface area contributed by atoms with Crippen molar-refractivity contribution >= 4 is 16.5 Å². The molecule has 8 heteroatoms. The number of rotatable bonds is 4. The van der Waals surface area contributed by atoms with Crippen LogP contribution in [0.3, 0.4) is 0 Å². The maximum atomic E-state index is 9.10. The van der Waals surface area contributed by atoms with Gasteiger partial charge in [0.05, 0.1) is 25.9 Å². The summed E-state index contributed by atoms with van der Waals surface area (Å²) >= 11 is 1.43. The Hall–Kier alpha value is -0.800. The first-order valence-electron chi connectivity index (χ1n) is 5.48. The second-order valence-electron chi connectivity index (χ2n) is 4.06. The van der Waals surface area contributed by atoms with Gasteiger partial charge in [-0.15, -0.1) is 10.2 Å². The second kappa shape index (κ2) is 5.69. The third kappa shape index (κ3) is 3.11. The van der Waals surface area contributed by atoms with Crippen LogP contribution < -0.4 is 11.3 Å². The van der Waals surface area contributed by atoms with Crippen LogP contribution in [-0.2, 0) is 11.3 Å². The van der Waals surface area contributed by atoms with Crippen LogP contribution in [0.5, 0.6) is 0 Å². The molecule has 4 N–H and O–H groups in total. The van der Waals surface area contributed by atoms with E-state index in [0.717, 1.165) is 5.01 Å². The van der Waals surface area contributed by atoms with Crippen LogP contribution >= 0.6 is 11.3 Å². The molecule has 1 aromatic rings. The number of aliphatic hydroxyl groups excluding tert-OH is 1. The zero-order valence-electron chi connectivity index (χ0n) is 9.67. The van der Waals surface area contributed by atoms with Gasteiger partial charge in [-0.2, -0.15) is 0 Å². The minimum Gasteiger partial charge on any atom is -0.394 e. The molecule has 2 heterocycles. The minimum absolute atomic E-state index is 0.0505. The maximum absolute atomic E-state index is 9.10. The molecular weight excluding hydrogens is 242 g/mol. The van der Waals surface area contributed by atoms with E-state index in [-0.39, 0.29) is 12.7 Å². The summed E-state index contributed by atoms with van der Waals surface area (Å²) in [5.41, 5.74) is 2.48. The first-order chi connectivity index (χ1) is 8.22. The molecule has 0 saturated carbocycles. The highest BCUT2D eigenvalue weighted by Crippen LogP contribution is 2.19. The highest BCUT2D eigenvalue weighted by molar-refractivity contribution is 7.15. The standard InChI is InChI=1S/C9H17N5O2S/c1-6-5-16-7(4-15)2-14(6)3-8-12-13-9(11-10)17-8/h6-7,15H,2-5,10H2,1H3,(H,11,13). The van der Waals surface area contributed by atoms with Crippen LogP contribution in [-0.4, -0.2) is 52.1 Å². The van der Waals surface area contributed by atoms with Crippen molar-refractivity contribution in [2.75, 3.05) is 25.2 Å². The Balaban J connectivity index is 1.96. The fourth-order valence-electron chi connectivity index (χ4n) is 1.76. The molecule has 1 aliphatic heterocycles. The van der Waals surface area contributed by atoms with E-state index < -0.39 is 0 Å². The van der Waals surface area contributed by atoms with Crippen LogP contribution in [0.2, 0.25) is 0 Å². The molecule has 0 spiro atoms. The van der Waals surface area contributed by atoms with E-state index in [1.165, 1.54) is 11.3 Å². The van der Waals surface area contributed by atoms with Gasteiger partial charge in [0.25, 0.3) is 0 Å². The Morgan fingerprint density at radius 3 is 3.12 bits per heavy atom. The van der Waals surface area contributed by atoms with Gasteiger partial charge in [0.15, 0.2) is 0 Å². The normalized spacial score (nSPS) is 26.1. The van der Waals surface area contributed by atoms with E-state index in [4.69, 9.17) is 15.7 Å². The predicted octanol–water partition coefficient (Wildman–Crippen LogP) is -0.595. The fourth-order valence-corrected chi connectivity index (χ4v) is 2.43. The molecule has 96 valence electrons. The van der Waals surface area contributed by atoms with E-state index in [0.29, 0.717) is 30.9 Å². The van der Waals surface area contributed by atoms with Crippen LogP contribution in [0.25, 0.3) is 0 Å². The maximum Gasteiger partial charge on any atom is 0.219 e. The van der Waals surface area contributed by atoms with E-state index in [2.05, 4.69) is 27.4 Å². The molecule has 2 rings (SSSR count). The average molecular weight is 259 g/mol. The van der Waals surface area contributed by atoms with Crippen molar-refractivity contribution in [1.29, 1.82) is 0 Å². The van der Waals surface area contributed by atoms with Gasteiger partial charge in [0.1, 0.15) is 5.01 Å². The van der Waals surface area contributed by atoms with Crippen LogP contribution in [0.15, 0.2) is 0 Å². The molecule has 17 heavy (non-hydrogen) atoms. The van der Waals surface area contributed by atoms with Gasteiger partial charge in [-0.25, -0.2) is 5.84 Å². The number of aliphatic hydroxyl groups is 1. The van der Waals surface area contributed by atoms with Gasteiger partial charge >= 0.3 is 0 Å². The smallest absolute Gasteiger partial charge is 0.219 e. The Bertz CT molecular complexity index is 361. The number of hydrogen-bond acceptors (Lipinski definition) is 8. The Morgan fingerprint density at radius 2 is 2.47 bits per heavy atom. The Labute approximate surface area is 104 Å². The molecule has 0 amide bonds. The van der Waals surface area contributed by atoms with E-state index in [9.17, 15) is 0 Å². The van der Waals surface area contributed by atoms with Crippen molar-refractivity contribution < 1.29 is 9.84 Å². The third-order valence-corrected chi connectivity index (χ3v) is 3.61. The monoisotopic (exact) mass is 259 g/mol. The van der Waals surface area contributed by atoms with Gasteiger partial charge in [-0.1, -0.05) is 11.3 Å². The van der Waals surface area contributed by atoms with Crippen molar-refractivity contribution in [3.05, 3.63) is 5.01 Å². The molecular formula is C9H17N5O2S. The molecule has 2 atom stereocenters.